The maximum Gasteiger partial charge on any atom is 0.308 e. The second-order valence-electron chi connectivity index (χ2n) is 9.42. The minimum absolute atomic E-state index is 0.156. The molecule has 1 heterocycles. The predicted molar refractivity (Wildman–Crippen MR) is 151 cm³/mol. The van der Waals surface area contributed by atoms with Crippen LogP contribution in [0.15, 0.2) is 95.9 Å². The molecule has 0 aliphatic rings. The Morgan fingerprint density at radius 2 is 1.67 bits per heavy atom. The van der Waals surface area contributed by atoms with Crippen molar-refractivity contribution in [3.05, 3.63) is 108 Å². The summed E-state index contributed by atoms with van der Waals surface area (Å²) >= 11 is 0. The number of aryl methyl sites for hydroxylation is 1. The molecule has 0 aliphatic carbocycles. The van der Waals surface area contributed by atoms with Crippen LogP contribution in [0.2, 0.25) is 0 Å². The number of sulfonamides is 1. The average Bonchev–Trinajstić information content (AvgIpc) is 2.92. The molecule has 0 radical (unpaired) electrons. The third-order valence-electron chi connectivity index (χ3n) is 6.42. The van der Waals surface area contributed by atoms with Crippen LogP contribution < -0.4 is 14.2 Å². The number of benzene rings is 4. The standard InChI is InChI=1S/C31H28N2O5S/c1-20-16-25(11-15-31(20)38-22(3)34)21(2)33-39(35,36)29-14-10-23-9-13-28(17-26(23)18-29)37-19-27-12-8-24-6-4-5-7-30(24)32-27/h4-18,21,33H,19H2,1-3H3. The van der Waals surface area contributed by atoms with Crippen LogP contribution in [-0.2, 0) is 21.4 Å². The summed E-state index contributed by atoms with van der Waals surface area (Å²) < 4.78 is 40.4. The van der Waals surface area contributed by atoms with E-state index >= 15 is 0 Å². The van der Waals surface area contributed by atoms with Gasteiger partial charge in [0.2, 0.25) is 10.0 Å². The number of aromatic nitrogens is 1. The van der Waals surface area contributed by atoms with Gasteiger partial charge in [-0.05, 0) is 78.2 Å². The molecule has 1 aromatic heterocycles. The Hall–Kier alpha value is -4.27. The molecule has 0 saturated heterocycles. The number of carbonyl (C=O) groups is 1. The van der Waals surface area contributed by atoms with E-state index in [1.54, 1.807) is 43.3 Å². The number of pyridine rings is 1. The van der Waals surface area contributed by atoms with Gasteiger partial charge in [-0.2, -0.15) is 0 Å². The largest absolute Gasteiger partial charge is 0.487 e. The molecule has 0 amide bonds. The highest BCUT2D eigenvalue weighted by molar-refractivity contribution is 7.89. The number of nitrogens with one attached hydrogen (secondary N) is 1. The van der Waals surface area contributed by atoms with Crippen molar-refractivity contribution in [1.29, 1.82) is 0 Å². The van der Waals surface area contributed by atoms with Gasteiger partial charge in [-0.25, -0.2) is 18.1 Å². The zero-order valence-electron chi connectivity index (χ0n) is 21.8. The average molecular weight is 541 g/mol. The number of para-hydroxylation sites is 1. The predicted octanol–water partition coefficient (Wildman–Crippen LogP) is 6.24. The highest BCUT2D eigenvalue weighted by Crippen LogP contribution is 2.27. The van der Waals surface area contributed by atoms with Crippen LogP contribution in [-0.4, -0.2) is 19.4 Å². The first-order valence-corrected chi connectivity index (χ1v) is 14.0. The van der Waals surface area contributed by atoms with E-state index in [2.05, 4.69) is 9.71 Å². The lowest BCUT2D eigenvalue weighted by Crippen LogP contribution is -2.27. The molecule has 5 aromatic rings. The number of carbonyl (C=O) groups excluding carboxylic acids is 1. The molecule has 4 aromatic carbocycles. The summed E-state index contributed by atoms with van der Waals surface area (Å²) in [7, 11) is -3.82. The van der Waals surface area contributed by atoms with Crippen LogP contribution in [0.4, 0.5) is 0 Å². The molecular formula is C31H28N2O5S. The number of hydrogen-bond acceptors (Lipinski definition) is 6. The number of rotatable bonds is 8. The monoisotopic (exact) mass is 540 g/mol. The van der Waals surface area contributed by atoms with Crippen molar-refractivity contribution < 1.29 is 22.7 Å². The fourth-order valence-corrected chi connectivity index (χ4v) is 5.65. The first-order chi connectivity index (χ1) is 18.7. The number of ether oxygens (including phenoxy) is 2. The summed E-state index contributed by atoms with van der Waals surface area (Å²) in [6, 6.07) is 27.2. The van der Waals surface area contributed by atoms with Crippen molar-refractivity contribution in [1.82, 2.24) is 9.71 Å². The van der Waals surface area contributed by atoms with Gasteiger partial charge in [-0.1, -0.05) is 48.5 Å². The highest BCUT2D eigenvalue weighted by Gasteiger charge is 2.20. The van der Waals surface area contributed by atoms with Gasteiger partial charge < -0.3 is 9.47 Å². The van der Waals surface area contributed by atoms with Gasteiger partial charge in [0.25, 0.3) is 0 Å². The zero-order chi connectivity index (χ0) is 27.6. The van der Waals surface area contributed by atoms with Crippen molar-refractivity contribution in [2.45, 2.75) is 38.3 Å². The van der Waals surface area contributed by atoms with Crippen molar-refractivity contribution in [3.63, 3.8) is 0 Å². The second kappa shape index (κ2) is 10.8. The van der Waals surface area contributed by atoms with E-state index in [-0.39, 0.29) is 4.90 Å². The molecule has 1 unspecified atom stereocenters. The summed E-state index contributed by atoms with van der Waals surface area (Å²) in [6.45, 7) is 5.21. The number of hydrogen-bond donors (Lipinski definition) is 1. The van der Waals surface area contributed by atoms with Gasteiger partial charge in [0, 0.05) is 18.4 Å². The maximum absolute atomic E-state index is 13.2. The Kier molecular flexibility index (Phi) is 7.32. The van der Waals surface area contributed by atoms with E-state index in [0.717, 1.165) is 38.5 Å². The molecule has 1 atom stereocenters. The van der Waals surface area contributed by atoms with Crippen molar-refractivity contribution >= 4 is 37.7 Å². The summed E-state index contributed by atoms with van der Waals surface area (Å²) in [4.78, 5) is 16.1. The first kappa shape index (κ1) is 26.3. The van der Waals surface area contributed by atoms with Gasteiger partial charge in [0.1, 0.15) is 18.1 Å². The van der Waals surface area contributed by atoms with Crippen LogP contribution in [0.3, 0.4) is 0 Å². The molecule has 8 heteroatoms. The Morgan fingerprint density at radius 1 is 0.897 bits per heavy atom. The van der Waals surface area contributed by atoms with E-state index in [4.69, 9.17) is 9.47 Å². The van der Waals surface area contributed by atoms with Gasteiger partial charge in [-0.15, -0.1) is 0 Å². The molecule has 39 heavy (non-hydrogen) atoms. The quantitative estimate of drug-likeness (QED) is 0.185. The summed E-state index contributed by atoms with van der Waals surface area (Å²) in [6.07, 6.45) is 0. The van der Waals surface area contributed by atoms with E-state index in [1.165, 1.54) is 6.92 Å². The lowest BCUT2D eigenvalue weighted by atomic mass is 10.1. The van der Waals surface area contributed by atoms with Gasteiger partial charge in [0.15, 0.2) is 0 Å². The van der Waals surface area contributed by atoms with Crippen molar-refractivity contribution in [2.24, 2.45) is 0 Å². The molecule has 5 rings (SSSR count). The van der Waals surface area contributed by atoms with Gasteiger partial charge >= 0.3 is 5.97 Å². The summed E-state index contributed by atoms with van der Waals surface area (Å²) in [5.41, 5.74) is 3.21. The fourth-order valence-electron chi connectivity index (χ4n) is 4.39. The Labute approximate surface area is 227 Å². The topological polar surface area (TPSA) is 94.6 Å². The van der Waals surface area contributed by atoms with Crippen LogP contribution in [0.1, 0.15) is 36.7 Å². The third kappa shape index (κ3) is 6.08. The normalized spacial score (nSPS) is 12.4. The second-order valence-corrected chi connectivity index (χ2v) is 11.1. The number of fused-ring (bicyclic) bond motifs is 2. The SMILES string of the molecule is CC(=O)Oc1ccc(C(C)NS(=O)(=O)c2ccc3ccc(OCc4ccc5ccccc5n4)cc3c2)cc1C. The van der Waals surface area contributed by atoms with Crippen molar-refractivity contribution in [2.75, 3.05) is 0 Å². The van der Waals surface area contributed by atoms with Gasteiger partial charge in [0.05, 0.1) is 16.1 Å². The molecule has 0 spiro atoms. The third-order valence-corrected chi connectivity index (χ3v) is 7.96. The minimum Gasteiger partial charge on any atom is -0.487 e. The van der Waals surface area contributed by atoms with Crippen LogP contribution >= 0.6 is 0 Å². The maximum atomic E-state index is 13.2. The lowest BCUT2D eigenvalue weighted by molar-refractivity contribution is -0.131. The molecule has 0 fully saturated rings. The van der Waals surface area contributed by atoms with E-state index in [9.17, 15) is 13.2 Å². The number of esters is 1. The zero-order valence-corrected chi connectivity index (χ0v) is 22.7. The smallest absolute Gasteiger partial charge is 0.308 e. The summed E-state index contributed by atoms with van der Waals surface area (Å²) in [5, 5.41) is 2.71. The van der Waals surface area contributed by atoms with Crippen LogP contribution in [0.25, 0.3) is 21.7 Å². The Morgan fingerprint density at radius 3 is 2.46 bits per heavy atom. The van der Waals surface area contributed by atoms with E-state index in [0.29, 0.717) is 18.1 Å². The molecule has 7 nitrogen and oxygen atoms in total. The first-order valence-electron chi connectivity index (χ1n) is 12.5. The van der Waals surface area contributed by atoms with Crippen molar-refractivity contribution in [3.8, 4) is 11.5 Å². The molecule has 0 aliphatic heterocycles. The Bertz CT molecular complexity index is 1800. The van der Waals surface area contributed by atoms with Crippen LogP contribution in [0.5, 0.6) is 11.5 Å². The fraction of sp³-hybridized carbons (Fsp3) is 0.161. The minimum atomic E-state index is -3.82. The molecular weight excluding hydrogens is 512 g/mol. The lowest BCUT2D eigenvalue weighted by Gasteiger charge is -2.17. The molecule has 1 N–H and O–H groups in total. The molecule has 0 bridgehead atoms. The molecule has 0 saturated carbocycles. The summed E-state index contributed by atoms with van der Waals surface area (Å²) in [5.74, 6) is 0.664. The van der Waals surface area contributed by atoms with Gasteiger partial charge in [-0.3, -0.25) is 4.79 Å². The number of nitrogens with zero attached hydrogens (tertiary/aromatic N) is 1. The molecule has 198 valence electrons. The van der Waals surface area contributed by atoms with E-state index < -0.39 is 22.0 Å². The highest BCUT2D eigenvalue weighted by atomic mass is 32.2. The Balaban J connectivity index is 1.32. The van der Waals surface area contributed by atoms with Crippen LogP contribution in [0, 0.1) is 6.92 Å². The van der Waals surface area contributed by atoms with E-state index in [1.807, 2.05) is 61.5 Å².